The molecule has 2 heteroatoms. The van der Waals surface area contributed by atoms with Crippen LogP contribution in [-0.4, -0.2) is 0 Å². The van der Waals surface area contributed by atoms with Crippen LogP contribution in [0, 0.1) is 0 Å². The second kappa shape index (κ2) is 15.1. The van der Waals surface area contributed by atoms with Crippen LogP contribution in [0.2, 0.25) is 0 Å². The Kier molecular flexibility index (Phi) is 8.87. The zero-order valence-electron chi connectivity index (χ0n) is 32.9. The first-order chi connectivity index (χ1) is 29.7. The zero-order chi connectivity index (χ0) is 39.8. The molecular weight excluding hydrogens is 727 g/mol. The van der Waals surface area contributed by atoms with Crippen molar-refractivity contribution in [2.75, 3.05) is 4.90 Å². The number of benzene rings is 10. The van der Waals surface area contributed by atoms with Gasteiger partial charge in [-0.15, -0.1) is 0 Å². The average Bonchev–Trinajstić information content (AvgIpc) is 3.77. The largest absolute Gasteiger partial charge is 0.456 e. The van der Waals surface area contributed by atoms with E-state index in [1.807, 2.05) is 18.2 Å². The van der Waals surface area contributed by atoms with Crippen LogP contribution in [0.25, 0.3) is 88.3 Å². The Labute approximate surface area is 349 Å². The van der Waals surface area contributed by atoms with Gasteiger partial charge in [0.1, 0.15) is 11.3 Å². The highest BCUT2D eigenvalue weighted by Crippen LogP contribution is 2.46. The number of anilines is 3. The number of hydrogen-bond acceptors (Lipinski definition) is 2. The molecule has 0 aliphatic rings. The summed E-state index contributed by atoms with van der Waals surface area (Å²) in [6, 6.07) is 85.0. The number of hydrogen-bond donors (Lipinski definition) is 0. The summed E-state index contributed by atoms with van der Waals surface area (Å²) < 4.78 is 6.31. The van der Waals surface area contributed by atoms with Crippen molar-refractivity contribution in [3.63, 3.8) is 0 Å². The zero-order valence-corrected chi connectivity index (χ0v) is 32.9. The molecule has 0 N–H and O–H groups in total. The van der Waals surface area contributed by atoms with E-state index in [0.29, 0.717) is 0 Å². The fourth-order valence-electron chi connectivity index (χ4n) is 8.66. The van der Waals surface area contributed by atoms with Gasteiger partial charge in [0, 0.05) is 27.6 Å². The van der Waals surface area contributed by atoms with Gasteiger partial charge in [-0.05, 0) is 104 Å². The van der Waals surface area contributed by atoms with E-state index in [2.05, 4.69) is 223 Å². The number of para-hydroxylation sites is 2. The third-order valence-corrected chi connectivity index (χ3v) is 11.7. The molecular formula is C58H39NO. The van der Waals surface area contributed by atoms with Gasteiger partial charge in [-0.3, -0.25) is 0 Å². The van der Waals surface area contributed by atoms with Crippen molar-refractivity contribution in [2.24, 2.45) is 0 Å². The number of nitrogens with zero attached hydrogens (tertiary/aromatic N) is 1. The lowest BCUT2D eigenvalue weighted by molar-refractivity contribution is 0.631. The molecule has 10 aromatic carbocycles. The van der Waals surface area contributed by atoms with Gasteiger partial charge in [-0.2, -0.15) is 0 Å². The summed E-state index contributed by atoms with van der Waals surface area (Å²) in [6.07, 6.45) is 0. The van der Waals surface area contributed by atoms with Crippen molar-refractivity contribution in [1.29, 1.82) is 0 Å². The summed E-state index contributed by atoms with van der Waals surface area (Å²) in [6.45, 7) is 0. The normalized spacial score (nSPS) is 11.3. The molecule has 0 radical (unpaired) electrons. The van der Waals surface area contributed by atoms with Crippen LogP contribution in [-0.2, 0) is 0 Å². The van der Waals surface area contributed by atoms with Crippen LogP contribution >= 0.6 is 0 Å². The van der Waals surface area contributed by atoms with Crippen LogP contribution in [0.1, 0.15) is 0 Å². The molecule has 282 valence electrons. The van der Waals surface area contributed by atoms with Crippen molar-refractivity contribution < 1.29 is 4.42 Å². The maximum atomic E-state index is 6.31. The first-order valence-corrected chi connectivity index (χ1v) is 20.5. The molecule has 0 saturated carbocycles. The number of fused-ring (bicyclic) bond motifs is 3. The Morgan fingerprint density at radius 1 is 0.283 bits per heavy atom. The van der Waals surface area contributed by atoms with Crippen LogP contribution < -0.4 is 4.90 Å². The molecule has 0 aliphatic carbocycles. The molecule has 0 bridgehead atoms. The minimum atomic E-state index is 0.866. The summed E-state index contributed by atoms with van der Waals surface area (Å²) in [5.41, 5.74) is 14.6. The third kappa shape index (κ3) is 6.51. The molecule has 0 fully saturated rings. The van der Waals surface area contributed by atoms with E-state index in [-0.39, 0.29) is 0 Å². The maximum Gasteiger partial charge on any atom is 0.135 e. The lowest BCUT2D eigenvalue weighted by Crippen LogP contribution is -2.12. The van der Waals surface area contributed by atoms with Crippen molar-refractivity contribution in [3.05, 3.63) is 237 Å². The molecule has 2 nitrogen and oxygen atoms in total. The fourth-order valence-corrected chi connectivity index (χ4v) is 8.66. The van der Waals surface area contributed by atoms with E-state index in [9.17, 15) is 0 Å². The lowest BCUT2D eigenvalue weighted by atomic mass is 9.94. The predicted octanol–water partition coefficient (Wildman–Crippen LogP) is 16.5. The first kappa shape index (κ1) is 35.2. The topological polar surface area (TPSA) is 16.4 Å². The van der Waals surface area contributed by atoms with E-state index in [1.54, 1.807) is 0 Å². The summed E-state index contributed by atoms with van der Waals surface area (Å²) in [5, 5.41) is 5.93. The molecule has 1 heterocycles. The van der Waals surface area contributed by atoms with Gasteiger partial charge in [-0.25, -0.2) is 0 Å². The predicted molar refractivity (Wildman–Crippen MR) is 253 cm³/mol. The van der Waals surface area contributed by atoms with Crippen LogP contribution in [0.3, 0.4) is 0 Å². The van der Waals surface area contributed by atoms with E-state index in [4.69, 9.17) is 4.42 Å². The third-order valence-electron chi connectivity index (χ3n) is 11.7. The Hall–Kier alpha value is -7.94. The maximum absolute atomic E-state index is 6.31. The van der Waals surface area contributed by atoms with E-state index >= 15 is 0 Å². The van der Waals surface area contributed by atoms with Crippen molar-refractivity contribution in [3.8, 4) is 55.8 Å². The highest BCUT2D eigenvalue weighted by atomic mass is 16.3. The number of rotatable bonds is 8. The standard InChI is InChI=1S/C58H39NO/c1-2-13-40(14-3-1)42-25-28-44(29-26-42)52-20-9-10-23-55(52)59(50-33-31-43(32-34-50)46-30-27-41-15-4-5-16-45(41)37-46)56-36-35-51(53-21-7-8-22-54(53)56)47-18-12-19-48(38-47)58-39-49-17-6-11-24-57(49)60-58/h1-39H. The fraction of sp³-hybridized carbons (Fsp3) is 0. The van der Waals surface area contributed by atoms with Gasteiger partial charge in [0.05, 0.1) is 11.4 Å². The monoisotopic (exact) mass is 765 g/mol. The summed E-state index contributed by atoms with van der Waals surface area (Å²) in [5.74, 6) is 0.866. The molecule has 11 aromatic rings. The van der Waals surface area contributed by atoms with Gasteiger partial charge < -0.3 is 9.32 Å². The highest BCUT2D eigenvalue weighted by molar-refractivity contribution is 6.07. The van der Waals surface area contributed by atoms with Crippen molar-refractivity contribution in [1.82, 2.24) is 0 Å². The van der Waals surface area contributed by atoms with E-state index in [1.165, 1.54) is 44.0 Å². The summed E-state index contributed by atoms with van der Waals surface area (Å²) >= 11 is 0. The van der Waals surface area contributed by atoms with Crippen LogP contribution in [0.15, 0.2) is 241 Å². The minimum absolute atomic E-state index is 0.866. The molecule has 0 atom stereocenters. The molecule has 0 saturated heterocycles. The molecule has 0 unspecified atom stereocenters. The van der Waals surface area contributed by atoms with Gasteiger partial charge in [0.2, 0.25) is 0 Å². The summed E-state index contributed by atoms with van der Waals surface area (Å²) in [4.78, 5) is 2.43. The van der Waals surface area contributed by atoms with Gasteiger partial charge in [0.15, 0.2) is 0 Å². The van der Waals surface area contributed by atoms with Gasteiger partial charge in [-0.1, -0.05) is 188 Å². The van der Waals surface area contributed by atoms with Crippen molar-refractivity contribution >= 4 is 49.6 Å². The quantitative estimate of drug-likeness (QED) is 0.153. The van der Waals surface area contributed by atoms with Gasteiger partial charge in [0.25, 0.3) is 0 Å². The second-order valence-electron chi connectivity index (χ2n) is 15.3. The summed E-state index contributed by atoms with van der Waals surface area (Å²) in [7, 11) is 0. The Bertz CT molecular complexity index is 3270. The first-order valence-electron chi connectivity index (χ1n) is 20.5. The smallest absolute Gasteiger partial charge is 0.135 e. The Balaban J connectivity index is 1.05. The van der Waals surface area contributed by atoms with Gasteiger partial charge >= 0.3 is 0 Å². The molecule has 0 aliphatic heterocycles. The van der Waals surface area contributed by atoms with E-state index < -0.39 is 0 Å². The Morgan fingerprint density at radius 3 is 1.72 bits per heavy atom. The van der Waals surface area contributed by atoms with E-state index in [0.717, 1.165) is 61.4 Å². The second-order valence-corrected chi connectivity index (χ2v) is 15.3. The molecule has 60 heavy (non-hydrogen) atoms. The molecule has 0 amide bonds. The molecule has 0 spiro atoms. The lowest BCUT2D eigenvalue weighted by Gasteiger charge is -2.29. The highest BCUT2D eigenvalue weighted by Gasteiger charge is 2.21. The Morgan fingerprint density at radius 2 is 0.883 bits per heavy atom. The van der Waals surface area contributed by atoms with Crippen LogP contribution in [0.5, 0.6) is 0 Å². The molecule has 1 aromatic heterocycles. The number of furan rings is 1. The van der Waals surface area contributed by atoms with Crippen molar-refractivity contribution in [2.45, 2.75) is 0 Å². The average molecular weight is 766 g/mol. The minimum Gasteiger partial charge on any atom is -0.456 e. The molecule has 11 rings (SSSR count). The van der Waals surface area contributed by atoms with Crippen LogP contribution in [0.4, 0.5) is 17.1 Å². The SMILES string of the molecule is c1ccc(-c2ccc(-c3ccccc3N(c3ccc(-c4ccc5ccccc5c4)cc3)c3ccc(-c4cccc(-c5cc6ccccc6o5)c4)c4ccccc34)cc2)cc1.